The van der Waals surface area contributed by atoms with E-state index in [1.165, 1.54) is 48.9 Å². The molecule has 1 fully saturated rings. The first kappa shape index (κ1) is 13.6. The molecule has 0 atom stereocenters. The molecule has 1 aromatic heterocycles. The molecule has 2 N–H and O–H groups in total. The molecule has 1 aliphatic heterocycles. The molecule has 108 valence electrons. The zero-order valence-electron chi connectivity index (χ0n) is 12.3. The van der Waals surface area contributed by atoms with E-state index in [0.29, 0.717) is 0 Å². The van der Waals surface area contributed by atoms with Crippen LogP contribution in [0, 0.1) is 5.92 Å². The summed E-state index contributed by atoms with van der Waals surface area (Å²) < 4.78 is 1.99. The molecule has 3 rings (SSSR count). The summed E-state index contributed by atoms with van der Waals surface area (Å²) in [4.78, 5) is 2.53. The maximum atomic E-state index is 5.66. The van der Waals surface area contributed by atoms with Gasteiger partial charge in [-0.2, -0.15) is 5.10 Å². The number of hydrogen-bond donors (Lipinski definition) is 1. The fourth-order valence-electron chi connectivity index (χ4n) is 3.29. The highest BCUT2D eigenvalue weighted by molar-refractivity contribution is 5.81. The number of likely N-dealkylation sites (tertiary alicyclic amines) is 1. The van der Waals surface area contributed by atoms with Gasteiger partial charge in [0.2, 0.25) is 0 Å². The molecule has 0 bridgehead atoms. The highest BCUT2D eigenvalue weighted by atomic mass is 15.3. The van der Waals surface area contributed by atoms with Crippen LogP contribution < -0.4 is 5.73 Å². The van der Waals surface area contributed by atoms with Gasteiger partial charge in [-0.15, -0.1) is 0 Å². The van der Waals surface area contributed by atoms with Crippen LogP contribution in [0.5, 0.6) is 0 Å². The van der Waals surface area contributed by atoms with Gasteiger partial charge >= 0.3 is 0 Å². The highest BCUT2D eigenvalue weighted by Gasteiger charge is 2.20. The summed E-state index contributed by atoms with van der Waals surface area (Å²) in [6.07, 6.45) is 3.74. The first-order chi connectivity index (χ1) is 9.78. The molecule has 4 nitrogen and oxygen atoms in total. The normalized spacial score (nSPS) is 17.9. The SMILES string of the molecule is Cn1nc(CN2CCC(CCN)CC2)c2ccccc21. The number of fused-ring (bicyclic) bond motifs is 1. The smallest absolute Gasteiger partial charge is 0.0843 e. The largest absolute Gasteiger partial charge is 0.330 e. The third-order valence-electron chi connectivity index (χ3n) is 4.49. The van der Waals surface area contributed by atoms with Gasteiger partial charge in [-0.25, -0.2) is 0 Å². The van der Waals surface area contributed by atoms with Gasteiger partial charge in [0.05, 0.1) is 11.2 Å². The number of rotatable bonds is 4. The van der Waals surface area contributed by atoms with Crippen molar-refractivity contribution in [2.24, 2.45) is 18.7 Å². The van der Waals surface area contributed by atoms with Crippen molar-refractivity contribution in [1.29, 1.82) is 0 Å². The minimum atomic E-state index is 0.829. The van der Waals surface area contributed by atoms with Crippen molar-refractivity contribution in [1.82, 2.24) is 14.7 Å². The second-order valence-electron chi connectivity index (χ2n) is 5.88. The number of hydrogen-bond acceptors (Lipinski definition) is 3. The molecule has 4 heteroatoms. The zero-order chi connectivity index (χ0) is 13.9. The Hall–Kier alpha value is -1.39. The molecule has 0 spiro atoms. The second-order valence-corrected chi connectivity index (χ2v) is 5.88. The van der Waals surface area contributed by atoms with Crippen LogP contribution >= 0.6 is 0 Å². The zero-order valence-corrected chi connectivity index (χ0v) is 12.3. The van der Waals surface area contributed by atoms with Crippen LogP contribution in [0.1, 0.15) is 25.0 Å². The van der Waals surface area contributed by atoms with Gasteiger partial charge < -0.3 is 5.73 Å². The Labute approximate surface area is 120 Å². The summed E-state index contributed by atoms with van der Waals surface area (Å²) in [7, 11) is 2.03. The van der Waals surface area contributed by atoms with Crippen molar-refractivity contribution < 1.29 is 0 Å². The van der Waals surface area contributed by atoms with E-state index < -0.39 is 0 Å². The van der Waals surface area contributed by atoms with E-state index in [-0.39, 0.29) is 0 Å². The summed E-state index contributed by atoms with van der Waals surface area (Å²) in [6, 6.07) is 8.49. The number of benzene rings is 1. The van der Waals surface area contributed by atoms with Crippen LogP contribution in [0.15, 0.2) is 24.3 Å². The number of aryl methyl sites for hydroxylation is 1. The number of nitrogens with zero attached hydrogens (tertiary/aromatic N) is 3. The van der Waals surface area contributed by atoms with Crippen LogP contribution in [0.25, 0.3) is 10.9 Å². The monoisotopic (exact) mass is 272 g/mol. The van der Waals surface area contributed by atoms with Gasteiger partial charge in [0.15, 0.2) is 0 Å². The molecule has 2 aromatic rings. The fraction of sp³-hybridized carbons (Fsp3) is 0.562. The predicted octanol–water partition coefficient (Wildman–Crippen LogP) is 2.13. The molecule has 0 aliphatic carbocycles. The summed E-state index contributed by atoms with van der Waals surface area (Å²) in [5, 5.41) is 5.99. The van der Waals surface area contributed by atoms with Crippen LogP contribution in [0.2, 0.25) is 0 Å². The lowest BCUT2D eigenvalue weighted by Crippen LogP contribution is -2.34. The van der Waals surface area contributed by atoms with E-state index >= 15 is 0 Å². The van der Waals surface area contributed by atoms with Crippen molar-refractivity contribution in [3.63, 3.8) is 0 Å². The third kappa shape index (κ3) is 2.72. The van der Waals surface area contributed by atoms with Crippen LogP contribution in [-0.2, 0) is 13.6 Å². The Balaban J connectivity index is 1.69. The molecule has 1 aliphatic rings. The van der Waals surface area contributed by atoms with Crippen molar-refractivity contribution >= 4 is 10.9 Å². The maximum Gasteiger partial charge on any atom is 0.0843 e. The molecule has 1 saturated heterocycles. The molecule has 0 radical (unpaired) electrons. The molecular formula is C16H24N4. The lowest BCUT2D eigenvalue weighted by molar-refractivity contribution is 0.172. The first-order valence-electron chi connectivity index (χ1n) is 7.61. The molecule has 20 heavy (non-hydrogen) atoms. The molecule has 0 unspecified atom stereocenters. The predicted molar refractivity (Wildman–Crippen MR) is 82.4 cm³/mol. The standard InChI is InChI=1S/C16H24N4/c1-19-16-5-3-2-4-14(16)15(18-19)12-20-10-7-13(6-9-17)8-11-20/h2-5,13H,6-12,17H2,1H3. The Morgan fingerprint density at radius 3 is 2.75 bits per heavy atom. The topological polar surface area (TPSA) is 47.1 Å². The van der Waals surface area contributed by atoms with Crippen molar-refractivity contribution in [2.45, 2.75) is 25.8 Å². The van der Waals surface area contributed by atoms with Crippen molar-refractivity contribution in [2.75, 3.05) is 19.6 Å². The lowest BCUT2D eigenvalue weighted by Gasteiger charge is -2.31. The summed E-state index contributed by atoms with van der Waals surface area (Å²) in [6.45, 7) is 4.15. The van der Waals surface area contributed by atoms with E-state index in [1.54, 1.807) is 0 Å². The van der Waals surface area contributed by atoms with Gasteiger partial charge in [-0.1, -0.05) is 18.2 Å². The average Bonchev–Trinajstić information content (AvgIpc) is 2.79. The molecule has 2 heterocycles. The van der Waals surface area contributed by atoms with E-state index in [4.69, 9.17) is 10.8 Å². The van der Waals surface area contributed by atoms with E-state index in [9.17, 15) is 0 Å². The van der Waals surface area contributed by atoms with Gasteiger partial charge in [0, 0.05) is 19.0 Å². The minimum Gasteiger partial charge on any atom is -0.330 e. The summed E-state index contributed by atoms with van der Waals surface area (Å²) in [5.41, 5.74) is 8.09. The van der Waals surface area contributed by atoms with Crippen LogP contribution in [0.4, 0.5) is 0 Å². The van der Waals surface area contributed by atoms with E-state index in [1.807, 2.05) is 11.7 Å². The van der Waals surface area contributed by atoms with Gasteiger partial charge in [0.25, 0.3) is 0 Å². The Bertz CT molecular complexity index is 567. The average molecular weight is 272 g/mol. The second kappa shape index (κ2) is 5.94. The Morgan fingerprint density at radius 2 is 2.00 bits per heavy atom. The summed E-state index contributed by atoms with van der Waals surface area (Å²) in [5.74, 6) is 0.830. The first-order valence-corrected chi connectivity index (χ1v) is 7.61. The minimum absolute atomic E-state index is 0.829. The van der Waals surface area contributed by atoms with E-state index in [0.717, 1.165) is 19.0 Å². The molecule has 0 amide bonds. The molecular weight excluding hydrogens is 248 g/mol. The molecule has 0 saturated carbocycles. The summed E-state index contributed by atoms with van der Waals surface area (Å²) >= 11 is 0. The lowest BCUT2D eigenvalue weighted by atomic mass is 9.93. The quantitative estimate of drug-likeness (QED) is 0.927. The highest BCUT2D eigenvalue weighted by Crippen LogP contribution is 2.23. The third-order valence-corrected chi connectivity index (χ3v) is 4.49. The maximum absolute atomic E-state index is 5.66. The fourth-order valence-corrected chi connectivity index (χ4v) is 3.29. The number of nitrogens with two attached hydrogens (primary N) is 1. The Morgan fingerprint density at radius 1 is 1.25 bits per heavy atom. The van der Waals surface area contributed by atoms with Crippen molar-refractivity contribution in [3.8, 4) is 0 Å². The van der Waals surface area contributed by atoms with Crippen molar-refractivity contribution in [3.05, 3.63) is 30.0 Å². The van der Waals surface area contributed by atoms with Gasteiger partial charge in [0.1, 0.15) is 0 Å². The van der Waals surface area contributed by atoms with E-state index in [2.05, 4.69) is 29.2 Å². The molecule has 1 aromatic carbocycles. The number of aromatic nitrogens is 2. The Kier molecular flexibility index (Phi) is 4.03. The van der Waals surface area contributed by atoms with Gasteiger partial charge in [-0.05, 0) is 50.9 Å². The number of piperidine rings is 1. The van der Waals surface area contributed by atoms with Crippen LogP contribution in [-0.4, -0.2) is 34.3 Å². The van der Waals surface area contributed by atoms with Gasteiger partial charge in [-0.3, -0.25) is 9.58 Å². The van der Waals surface area contributed by atoms with Crippen LogP contribution in [0.3, 0.4) is 0 Å². The number of para-hydroxylation sites is 1.